The van der Waals surface area contributed by atoms with Crippen molar-refractivity contribution < 1.29 is 14.0 Å². The van der Waals surface area contributed by atoms with E-state index in [2.05, 4.69) is 5.10 Å². The van der Waals surface area contributed by atoms with Gasteiger partial charge in [-0.05, 0) is 43.5 Å². The molecule has 6 nitrogen and oxygen atoms in total. The Labute approximate surface area is 174 Å². The third kappa shape index (κ3) is 3.49. The number of aromatic nitrogens is 2. The van der Waals surface area contributed by atoms with Gasteiger partial charge >= 0.3 is 0 Å². The van der Waals surface area contributed by atoms with Gasteiger partial charge in [0.15, 0.2) is 11.5 Å². The summed E-state index contributed by atoms with van der Waals surface area (Å²) in [6.45, 7) is 0.429. The molecule has 1 aliphatic rings. The summed E-state index contributed by atoms with van der Waals surface area (Å²) < 4.78 is 7.50. The van der Waals surface area contributed by atoms with Gasteiger partial charge in [0, 0.05) is 36.4 Å². The van der Waals surface area contributed by atoms with Crippen LogP contribution in [-0.4, -0.2) is 33.4 Å². The first-order chi connectivity index (χ1) is 14.0. The average molecular weight is 412 g/mol. The first kappa shape index (κ1) is 19.5. The van der Waals surface area contributed by atoms with E-state index in [4.69, 9.17) is 16.0 Å². The number of nitrogens with zero attached hydrogens (tertiary/aromatic N) is 3. The number of hydrogen-bond acceptors (Lipinski definition) is 4. The summed E-state index contributed by atoms with van der Waals surface area (Å²) in [4.78, 5) is 28.0. The highest BCUT2D eigenvalue weighted by atomic mass is 35.5. The van der Waals surface area contributed by atoms with Gasteiger partial charge in [-0.2, -0.15) is 5.10 Å². The van der Waals surface area contributed by atoms with Gasteiger partial charge in [-0.25, -0.2) is 0 Å². The lowest BCUT2D eigenvalue weighted by Gasteiger charge is -2.43. The van der Waals surface area contributed by atoms with Crippen LogP contribution in [-0.2, 0) is 16.9 Å². The average Bonchev–Trinajstić information content (AvgIpc) is 3.41. The maximum Gasteiger partial charge on any atom is 0.290 e. The van der Waals surface area contributed by atoms with Gasteiger partial charge in [0.1, 0.15) is 11.3 Å². The van der Waals surface area contributed by atoms with Crippen molar-refractivity contribution in [3.8, 4) is 0 Å². The lowest BCUT2D eigenvalue weighted by atomic mass is 9.74. The predicted octanol–water partition coefficient (Wildman–Crippen LogP) is 4.29. The molecule has 4 rings (SSSR count). The topological polar surface area (TPSA) is 68.3 Å². The molecule has 0 saturated heterocycles. The molecular formula is C22H22ClN3O3. The summed E-state index contributed by atoms with van der Waals surface area (Å²) in [5.74, 6) is 0.481. The van der Waals surface area contributed by atoms with Gasteiger partial charge in [0.05, 0.1) is 6.54 Å². The van der Waals surface area contributed by atoms with Crippen LogP contribution in [0.2, 0.25) is 5.02 Å². The molecule has 1 amide bonds. The fraction of sp³-hybridized carbons (Fsp3) is 0.318. The van der Waals surface area contributed by atoms with Crippen molar-refractivity contribution in [1.29, 1.82) is 0 Å². The molecule has 7 heteroatoms. The Balaban J connectivity index is 1.67. The highest BCUT2D eigenvalue weighted by Gasteiger charge is 2.48. The van der Waals surface area contributed by atoms with E-state index in [-0.39, 0.29) is 17.5 Å². The number of halogens is 1. The number of likely N-dealkylation sites (N-methyl/N-ethyl adjacent to an activating group) is 1. The van der Waals surface area contributed by atoms with E-state index in [1.54, 1.807) is 36.1 Å². The molecule has 0 N–H and O–H groups in total. The van der Waals surface area contributed by atoms with Crippen LogP contribution in [0.5, 0.6) is 0 Å². The lowest BCUT2D eigenvalue weighted by molar-refractivity contribution is -0.132. The second-order valence-corrected chi connectivity index (χ2v) is 7.71. The smallest absolute Gasteiger partial charge is 0.290 e. The summed E-state index contributed by atoms with van der Waals surface area (Å²) in [6, 6.07) is 12.5. The number of carbonyl (C=O) groups excluding carboxylic acids is 2. The summed E-state index contributed by atoms with van der Waals surface area (Å²) >= 11 is 6.47. The molecule has 1 fully saturated rings. The van der Waals surface area contributed by atoms with Crippen molar-refractivity contribution in [2.24, 2.45) is 0 Å². The molecular weight excluding hydrogens is 390 g/mol. The quantitative estimate of drug-likeness (QED) is 0.628. The van der Waals surface area contributed by atoms with E-state index in [0.717, 1.165) is 12.8 Å². The molecule has 1 atom stereocenters. The Morgan fingerprint density at radius 1 is 1.24 bits per heavy atom. The third-order valence-electron chi connectivity index (χ3n) is 5.60. The molecule has 1 unspecified atom stereocenters. The molecule has 1 aromatic carbocycles. The maximum absolute atomic E-state index is 13.3. The summed E-state index contributed by atoms with van der Waals surface area (Å²) in [6.07, 6.45) is 6.14. The van der Waals surface area contributed by atoms with Crippen molar-refractivity contribution in [3.63, 3.8) is 0 Å². The number of hydrogen-bond donors (Lipinski definition) is 0. The highest BCUT2D eigenvalue weighted by Crippen LogP contribution is 2.42. The maximum atomic E-state index is 13.3. The minimum Gasteiger partial charge on any atom is -0.454 e. The Kier molecular flexibility index (Phi) is 5.28. The fourth-order valence-electron chi connectivity index (χ4n) is 4.10. The monoisotopic (exact) mass is 411 g/mol. The second kappa shape index (κ2) is 7.87. The highest BCUT2D eigenvalue weighted by molar-refractivity contribution is 6.31. The summed E-state index contributed by atoms with van der Waals surface area (Å²) in [7, 11) is 1.66. The largest absolute Gasteiger partial charge is 0.454 e. The number of rotatable bonds is 5. The zero-order valence-electron chi connectivity index (χ0n) is 16.2. The molecule has 3 aromatic rings. The van der Waals surface area contributed by atoms with Crippen molar-refractivity contribution >= 4 is 23.3 Å². The van der Waals surface area contributed by atoms with E-state index < -0.39 is 5.54 Å². The Morgan fingerprint density at radius 3 is 2.79 bits per heavy atom. The van der Waals surface area contributed by atoms with E-state index in [0.29, 0.717) is 35.7 Å². The van der Waals surface area contributed by atoms with E-state index in [1.165, 1.54) is 4.90 Å². The van der Waals surface area contributed by atoms with Gasteiger partial charge in [0.25, 0.3) is 5.91 Å². The number of amides is 1. The van der Waals surface area contributed by atoms with Crippen LogP contribution in [0.3, 0.4) is 0 Å². The zero-order valence-corrected chi connectivity index (χ0v) is 16.9. The minimum absolute atomic E-state index is 0.0102. The van der Waals surface area contributed by atoms with Gasteiger partial charge < -0.3 is 9.32 Å². The molecule has 0 radical (unpaired) electrons. The zero-order chi connectivity index (χ0) is 20.4. The van der Waals surface area contributed by atoms with E-state index >= 15 is 0 Å². The summed E-state index contributed by atoms with van der Waals surface area (Å²) in [5.41, 5.74) is -0.409. The Morgan fingerprint density at radius 2 is 2.07 bits per heavy atom. The lowest BCUT2D eigenvalue weighted by Crippen LogP contribution is -2.54. The molecule has 2 heterocycles. The first-order valence-electron chi connectivity index (χ1n) is 9.65. The van der Waals surface area contributed by atoms with Gasteiger partial charge in [-0.1, -0.05) is 29.8 Å². The SMILES string of the molecule is CN(C(=O)c1ccc(Cn2cccn2)o1)C1(c2ccccc2Cl)CCCCC1=O. The molecule has 0 aliphatic heterocycles. The summed E-state index contributed by atoms with van der Waals surface area (Å²) in [5, 5.41) is 4.63. The van der Waals surface area contributed by atoms with Crippen LogP contribution < -0.4 is 0 Å². The third-order valence-corrected chi connectivity index (χ3v) is 5.93. The fourth-order valence-corrected chi connectivity index (χ4v) is 4.39. The van der Waals surface area contributed by atoms with Crippen LogP contribution in [0, 0.1) is 0 Å². The van der Waals surface area contributed by atoms with Crippen molar-refractivity contribution in [2.75, 3.05) is 7.05 Å². The number of benzene rings is 1. The van der Waals surface area contributed by atoms with Crippen LogP contribution in [0.15, 0.2) is 59.3 Å². The molecule has 0 bridgehead atoms. The molecule has 1 aliphatic carbocycles. The van der Waals surface area contributed by atoms with E-state index in [1.807, 2.05) is 30.5 Å². The van der Waals surface area contributed by atoms with Crippen LogP contribution >= 0.6 is 11.6 Å². The van der Waals surface area contributed by atoms with Gasteiger partial charge in [0.2, 0.25) is 0 Å². The minimum atomic E-state index is -1.08. The van der Waals surface area contributed by atoms with Gasteiger partial charge in [-0.3, -0.25) is 14.3 Å². The Hall–Kier alpha value is -2.86. The van der Waals surface area contributed by atoms with Crippen LogP contribution in [0.1, 0.15) is 47.6 Å². The van der Waals surface area contributed by atoms with Gasteiger partial charge in [-0.15, -0.1) is 0 Å². The first-order valence-corrected chi connectivity index (χ1v) is 10.0. The Bertz CT molecular complexity index is 1030. The van der Waals surface area contributed by atoms with Crippen molar-refractivity contribution in [1.82, 2.24) is 14.7 Å². The molecule has 1 saturated carbocycles. The molecule has 2 aromatic heterocycles. The predicted molar refractivity (Wildman–Crippen MR) is 109 cm³/mol. The van der Waals surface area contributed by atoms with Crippen LogP contribution in [0.25, 0.3) is 0 Å². The normalized spacial score (nSPS) is 19.3. The molecule has 29 heavy (non-hydrogen) atoms. The molecule has 150 valence electrons. The molecule has 0 spiro atoms. The van der Waals surface area contributed by atoms with E-state index in [9.17, 15) is 9.59 Å². The number of ketones is 1. The number of carbonyl (C=O) groups is 2. The second-order valence-electron chi connectivity index (χ2n) is 7.30. The van der Waals surface area contributed by atoms with Crippen molar-refractivity contribution in [3.05, 3.63) is 77.0 Å². The number of Topliss-reactive ketones (excluding diaryl/α,β-unsaturated/α-hetero) is 1. The van der Waals surface area contributed by atoms with Crippen molar-refractivity contribution in [2.45, 2.75) is 37.8 Å². The van der Waals surface area contributed by atoms with Crippen LogP contribution in [0.4, 0.5) is 0 Å². The standard InChI is InChI=1S/C22H22ClN3O3/c1-25(21(28)19-11-10-16(29-19)15-26-14-6-13-24-26)22(12-5-4-9-20(22)27)17-7-2-3-8-18(17)23/h2-3,6-8,10-11,13-14H,4-5,9,12,15H2,1H3. The number of furan rings is 1.